The van der Waals surface area contributed by atoms with Crippen LogP contribution in [-0.4, -0.2) is 21.4 Å². The van der Waals surface area contributed by atoms with E-state index >= 15 is 0 Å². The van der Waals surface area contributed by atoms with Crippen LogP contribution in [0.1, 0.15) is 36.3 Å². The van der Waals surface area contributed by atoms with Crippen molar-refractivity contribution in [2.75, 3.05) is 0 Å². The summed E-state index contributed by atoms with van der Waals surface area (Å²) in [5.74, 6) is -0.578. The van der Waals surface area contributed by atoms with Crippen LogP contribution in [0, 0.1) is 0 Å². The zero-order valence-corrected chi connectivity index (χ0v) is 17.1. The van der Waals surface area contributed by atoms with Gasteiger partial charge in [-0.3, -0.25) is 9.59 Å². The highest BCUT2D eigenvalue weighted by atomic mass is 16.4. The number of nitrogens with one attached hydrogen (secondary N) is 1. The first-order chi connectivity index (χ1) is 15.0. The summed E-state index contributed by atoms with van der Waals surface area (Å²) < 4.78 is 6.60. The van der Waals surface area contributed by atoms with Crippen LogP contribution in [-0.2, 0) is 6.54 Å². The van der Waals surface area contributed by atoms with Gasteiger partial charge in [-0.15, -0.1) is 0 Å². The number of aromatic nitrogens is 2. The van der Waals surface area contributed by atoms with Crippen LogP contribution in [0.5, 0.6) is 0 Å². The summed E-state index contributed by atoms with van der Waals surface area (Å²) >= 11 is 0. The van der Waals surface area contributed by atoms with Crippen LogP contribution < -0.4 is 16.6 Å². The first-order valence-corrected chi connectivity index (χ1v) is 9.87. The molecule has 8 heteroatoms. The van der Waals surface area contributed by atoms with Crippen LogP contribution >= 0.6 is 0 Å². The summed E-state index contributed by atoms with van der Waals surface area (Å²) in [5, 5.41) is 9.91. The number of para-hydroxylation sites is 1. The summed E-state index contributed by atoms with van der Waals surface area (Å²) in [5.41, 5.74) is 2.75. The van der Waals surface area contributed by atoms with Crippen molar-refractivity contribution in [1.82, 2.24) is 15.2 Å². The Labute approximate surface area is 176 Å². The van der Waals surface area contributed by atoms with E-state index in [2.05, 4.69) is 15.6 Å². The van der Waals surface area contributed by atoms with Gasteiger partial charge < -0.3 is 4.42 Å². The number of aryl methyl sites for hydroxylation is 1. The summed E-state index contributed by atoms with van der Waals surface area (Å²) in [4.78, 5) is 37.8. The van der Waals surface area contributed by atoms with Gasteiger partial charge in [0.15, 0.2) is 5.69 Å². The number of nitrogens with zero attached hydrogens (tertiary/aromatic N) is 3. The van der Waals surface area contributed by atoms with E-state index in [-0.39, 0.29) is 16.8 Å². The highest BCUT2D eigenvalue weighted by molar-refractivity contribution is 6.06. The second-order valence-corrected chi connectivity index (χ2v) is 7.05. The maximum atomic E-state index is 12.9. The lowest BCUT2D eigenvalue weighted by Crippen LogP contribution is -2.29. The number of carbonyl (C=O) groups excluding carboxylic acids is 1. The fourth-order valence-corrected chi connectivity index (χ4v) is 3.33. The number of hydrazone groups is 1. The Hall–Kier alpha value is -4.07. The van der Waals surface area contributed by atoms with Gasteiger partial charge in [0.2, 0.25) is 0 Å². The van der Waals surface area contributed by atoms with Gasteiger partial charge in [0.25, 0.3) is 11.5 Å². The van der Waals surface area contributed by atoms with E-state index in [1.807, 2.05) is 19.1 Å². The van der Waals surface area contributed by atoms with Gasteiger partial charge in [-0.1, -0.05) is 43.3 Å². The van der Waals surface area contributed by atoms with Crippen molar-refractivity contribution in [2.24, 2.45) is 5.10 Å². The average Bonchev–Trinajstić information content (AvgIpc) is 2.78. The standard InChI is InChI=1S/C23H20N4O4/c1-3-12-27-22(29)17-10-6-5-9-16(17)20(26-27)21(28)25-24-14(2)18-13-15-8-4-7-11-19(15)31-23(18)30/h4-11,13H,3,12H2,1-2H3,(H,25,28)/b24-14-. The maximum absolute atomic E-state index is 12.9. The molecule has 2 heterocycles. The molecule has 0 aliphatic carbocycles. The Morgan fingerprint density at radius 3 is 2.58 bits per heavy atom. The minimum Gasteiger partial charge on any atom is -0.422 e. The molecular weight excluding hydrogens is 396 g/mol. The van der Waals surface area contributed by atoms with Crippen LogP contribution in [0.25, 0.3) is 21.7 Å². The van der Waals surface area contributed by atoms with E-state index in [1.165, 1.54) is 4.68 Å². The second-order valence-electron chi connectivity index (χ2n) is 7.05. The van der Waals surface area contributed by atoms with Crippen LogP contribution in [0.15, 0.2) is 73.7 Å². The molecule has 0 fully saturated rings. The molecule has 1 amide bonds. The number of rotatable bonds is 5. The monoisotopic (exact) mass is 416 g/mol. The molecule has 2 aromatic heterocycles. The molecule has 0 unspecified atom stereocenters. The summed E-state index contributed by atoms with van der Waals surface area (Å²) in [6, 6.07) is 15.6. The highest BCUT2D eigenvalue weighted by Crippen LogP contribution is 2.14. The van der Waals surface area contributed by atoms with Gasteiger partial charge in [-0.05, 0) is 31.5 Å². The summed E-state index contributed by atoms with van der Waals surface area (Å²) in [6.07, 6.45) is 0.696. The zero-order chi connectivity index (χ0) is 22.0. The van der Waals surface area contributed by atoms with Crippen molar-refractivity contribution in [3.8, 4) is 0 Å². The molecule has 1 N–H and O–H groups in total. The smallest absolute Gasteiger partial charge is 0.345 e. The zero-order valence-electron chi connectivity index (χ0n) is 17.1. The van der Waals surface area contributed by atoms with Gasteiger partial charge in [-0.2, -0.15) is 10.2 Å². The van der Waals surface area contributed by atoms with Crippen LogP contribution in [0.2, 0.25) is 0 Å². The topological polar surface area (TPSA) is 107 Å². The minimum absolute atomic E-state index is 0.0887. The molecule has 0 bridgehead atoms. The van der Waals surface area contributed by atoms with Crippen molar-refractivity contribution in [1.29, 1.82) is 0 Å². The molecule has 4 aromatic rings. The van der Waals surface area contributed by atoms with Crippen molar-refractivity contribution >= 4 is 33.4 Å². The quantitative estimate of drug-likeness (QED) is 0.306. The number of hydrogen-bond donors (Lipinski definition) is 1. The normalized spacial score (nSPS) is 11.7. The molecule has 0 aliphatic rings. The van der Waals surface area contributed by atoms with Gasteiger partial charge >= 0.3 is 5.63 Å². The number of carbonyl (C=O) groups is 1. The highest BCUT2D eigenvalue weighted by Gasteiger charge is 2.17. The van der Waals surface area contributed by atoms with Crippen molar-refractivity contribution < 1.29 is 9.21 Å². The van der Waals surface area contributed by atoms with E-state index in [1.54, 1.807) is 49.4 Å². The molecule has 0 spiro atoms. The first kappa shape index (κ1) is 20.2. The van der Waals surface area contributed by atoms with Crippen molar-refractivity contribution in [3.63, 3.8) is 0 Å². The minimum atomic E-state index is -0.578. The molecule has 8 nitrogen and oxygen atoms in total. The third-order valence-electron chi connectivity index (χ3n) is 4.87. The predicted molar refractivity (Wildman–Crippen MR) is 118 cm³/mol. The lowest BCUT2D eigenvalue weighted by atomic mass is 10.1. The van der Waals surface area contributed by atoms with E-state index in [0.29, 0.717) is 35.0 Å². The van der Waals surface area contributed by atoms with Gasteiger partial charge in [0, 0.05) is 17.3 Å². The Kier molecular flexibility index (Phi) is 5.44. The molecule has 4 rings (SSSR count). The SMILES string of the molecule is CCCn1nc(C(=O)N/N=C(/C)c2cc3ccccc3oc2=O)c2ccccc2c1=O. The molecular formula is C23H20N4O4. The molecule has 0 aliphatic heterocycles. The fraction of sp³-hybridized carbons (Fsp3) is 0.174. The van der Waals surface area contributed by atoms with Gasteiger partial charge in [-0.25, -0.2) is 14.9 Å². The maximum Gasteiger partial charge on any atom is 0.345 e. The Bertz CT molecular complexity index is 1450. The third kappa shape index (κ3) is 3.87. The second kappa shape index (κ2) is 8.35. The molecule has 0 saturated heterocycles. The van der Waals surface area contributed by atoms with Gasteiger partial charge in [0.1, 0.15) is 5.58 Å². The van der Waals surface area contributed by atoms with E-state index in [9.17, 15) is 14.4 Å². The number of fused-ring (bicyclic) bond motifs is 2. The molecule has 0 radical (unpaired) electrons. The van der Waals surface area contributed by atoms with Crippen molar-refractivity contribution in [2.45, 2.75) is 26.8 Å². The molecule has 2 aromatic carbocycles. The molecule has 0 saturated carbocycles. The predicted octanol–water partition coefficient (Wildman–Crippen LogP) is 3.07. The van der Waals surface area contributed by atoms with Gasteiger partial charge in [0.05, 0.1) is 16.7 Å². The Balaban J connectivity index is 1.70. The lowest BCUT2D eigenvalue weighted by molar-refractivity contribution is 0.0949. The largest absolute Gasteiger partial charge is 0.422 e. The van der Waals surface area contributed by atoms with Crippen LogP contribution in [0.4, 0.5) is 0 Å². The Morgan fingerprint density at radius 2 is 1.81 bits per heavy atom. The van der Waals surface area contributed by atoms with E-state index < -0.39 is 11.5 Å². The summed E-state index contributed by atoms with van der Waals surface area (Å²) in [7, 11) is 0. The number of benzene rings is 2. The summed E-state index contributed by atoms with van der Waals surface area (Å²) in [6.45, 7) is 3.92. The molecule has 156 valence electrons. The number of hydrogen-bond acceptors (Lipinski definition) is 6. The van der Waals surface area contributed by atoms with E-state index in [4.69, 9.17) is 4.42 Å². The van der Waals surface area contributed by atoms with Crippen molar-refractivity contribution in [3.05, 3.63) is 86.6 Å². The third-order valence-corrected chi connectivity index (χ3v) is 4.87. The Morgan fingerprint density at radius 1 is 1.10 bits per heavy atom. The lowest BCUT2D eigenvalue weighted by Gasteiger charge is -2.09. The molecule has 0 atom stereocenters. The molecule has 31 heavy (non-hydrogen) atoms. The van der Waals surface area contributed by atoms with E-state index in [0.717, 1.165) is 5.39 Å². The first-order valence-electron chi connectivity index (χ1n) is 9.87. The van der Waals surface area contributed by atoms with Crippen LogP contribution in [0.3, 0.4) is 0 Å². The fourth-order valence-electron chi connectivity index (χ4n) is 3.33. The number of amides is 1. The average molecular weight is 416 g/mol.